The lowest BCUT2D eigenvalue weighted by molar-refractivity contribution is -0.384. The Kier molecular flexibility index (Phi) is 6.64. The van der Waals surface area contributed by atoms with Crippen LogP contribution in [0.3, 0.4) is 0 Å². The Bertz CT molecular complexity index is 711. The van der Waals surface area contributed by atoms with Crippen molar-refractivity contribution in [1.82, 2.24) is 0 Å². The van der Waals surface area contributed by atoms with Crippen LogP contribution in [0.25, 0.3) is 0 Å². The minimum atomic E-state index is -1.12. The first-order chi connectivity index (χ1) is 11.6. The summed E-state index contributed by atoms with van der Waals surface area (Å²) in [5.74, 6) is 0. The van der Waals surface area contributed by atoms with Gasteiger partial charge in [0.15, 0.2) is 0 Å². The van der Waals surface area contributed by atoms with Gasteiger partial charge in [-0.1, -0.05) is 11.6 Å². The zero-order chi connectivity index (χ0) is 20.4. The summed E-state index contributed by atoms with van der Waals surface area (Å²) in [5, 5.41) is 11.2. The number of amides is 2. The average Bonchev–Trinajstić information content (AvgIpc) is 2.38. The maximum atomic E-state index is 12.6. The molecule has 0 radical (unpaired) electrons. The quantitative estimate of drug-likeness (QED) is 0.423. The molecule has 8 nitrogen and oxygen atoms in total. The van der Waals surface area contributed by atoms with Gasteiger partial charge in [-0.15, -0.1) is 0 Å². The van der Waals surface area contributed by atoms with Crippen LogP contribution in [0.1, 0.15) is 41.5 Å². The number of imide groups is 1. The maximum Gasteiger partial charge on any atom is 0.424 e. The van der Waals surface area contributed by atoms with E-state index in [0.717, 1.165) is 0 Å². The van der Waals surface area contributed by atoms with Crippen molar-refractivity contribution in [3.63, 3.8) is 0 Å². The average molecular weight is 452 g/mol. The Balaban J connectivity index is 3.56. The molecule has 0 saturated carbocycles. The second-order valence-corrected chi connectivity index (χ2v) is 8.51. The van der Waals surface area contributed by atoms with Crippen molar-refractivity contribution in [1.29, 1.82) is 0 Å². The third kappa shape index (κ3) is 5.84. The molecule has 0 aliphatic heterocycles. The Morgan fingerprint density at radius 3 is 1.85 bits per heavy atom. The van der Waals surface area contributed by atoms with Crippen molar-refractivity contribution >= 4 is 51.1 Å². The third-order valence-corrected chi connectivity index (χ3v) is 3.90. The summed E-state index contributed by atoms with van der Waals surface area (Å²) in [7, 11) is 0. The number of nitrogens with zero attached hydrogens (tertiary/aromatic N) is 2. The summed E-state index contributed by atoms with van der Waals surface area (Å²) in [6.07, 6.45) is -2.23. The molecule has 0 aliphatic carbocycles. The smallest absolute Gasteiger partial charge is 0.424 e. The zero-order valence-electron chi connectivity index (χ0n) is 15.3. The van der Waals surface area contributed by atoms with Crippen LogP contribution < -0.4 is 4.90 Å². The lowest BCUT2D eigenvalue weighted by Gasteiger charge is -2.28. The number of hydrogen-bond donors (Lipinski definition) is 0. The van der Waals surface area contributed by atoms with Gasteiger partial charge < -0.3 is 9.47 Å². The molecule has 0 unspecified atom stereocenters. The van der Waals surface area contributed by atoms with Gasteiger partial charge in [0.05, 0.1) is 4.92 Å². The standard InChI is InChI=1S/C16H20BrClN2O6/c1-15(2,3)25-13(21)19(14(22)26-16(4,5)6)10-8-7-9(17)11(18)12(10)20(23)24/h7-8H,1-6H3. The van der Waals surface area contributed by atoms with Crippen molar-refractivity contribution in [2.24, 2.45) is 0 Å². The van der Waals surface area contributed by atoms with Crippen LogP contribution in [0.2, 0.25) is 5.02 Å². The third-order valence-electron chi connectivity index (χ3n) is 2.62. The fourth-order valence-corrected chi connectivity index (χ4v) is 2.32. The summed E-state index contributed by atoms with van der Waals surface area (Å²) >= 11 is 9.08. The van der Waals surface area contributed by atoms with Gasteiger partial charge in [-0.05, 0) is 69.6 Å². The number of hydrogen-bond acceptors (Lipinski definition) is 6. The first kappa shape index (κ1) is 22.2. The number of halogens is 2. The molecule has 0 fully saturated rings. The minimum Gasteiger partial charge on any atom is -0.443 e. The molecule has 26 heavy (non-hydrogen) atoms. The highest BCUT2D eigenvalue weighted by molar-refractivity contribution is 9.10. The van der Waals surface area contributed by atoms with E-state index in [4.69, 9.17) is 21.1 Å². The highest BCUT2D eigenvalue weighted by atomic mass is 79.9. The molecule has 0 N–H and O–H groups in total. The molecule has 144 valence electrons. The van der Waals surface area contributed by atoms with Crippen molar-refractivity contribution in [2.75, 3.05) is 4.90 Å². The number of nitro groups is 1. The van der Waals surface area contributed by atoms with Crippen LogP contribution in [-0.2, 0) is 9.47 Å². The molecule has 0 atom stereocenters. The topological polar surface area (TPSA) is 99.0 Å². The number of anilines is 1. The van der Waals surface area contributed by atoms with E-state index in [0.29, 0.717) is 4.90 Å². The molecule has 10 heteroatoms. The normalized spacial score (nSPS) is 11.7. The van der Waals surface area contributed by atoms with Crippen LogP contribution in [0, 0.1) is 10.1 Å². The molecule has 1 aromatic carbocycles. The maximum absolute atomic E-state index is 12.6. The van der Waals surface area contributed by atoms with Gasteiger partial charge in [-0.3, -0.25) is 10.1 Å². The Hall–Kier alpha value is -1.87. The predicted octanol–water partition coefficient (Wildman–Crippen LogP) is 5.69. The molecular formula is C16H20BrClN2O6. The van der Waals surface area contributed by atoms with Crippen LogP contribution in [-0.4, -0.2) is 28.3 Å². The number of carbonyl (C=O) groups is 2. The molecule has 0 spiro atoms. The molecule has 0 heterocycles. The molecular weight excluding hydrogens is 432 g/mol. The van der Waals surface area contributed by atoms with Gasteiger partial charge in [0.25, 0.3) is 0 Å². The molecule has 2 amide bonds. The summed E-state index contributed by atoms with van der Waals surface area (Å²) in [6, 6.07) is 2.59. The SMILES string of the molecule is CC(C)(C)OC(=O)N(C(=O)OC(C)(C)C)c1ccc(Br)c(Cl)c1[N+](=O)[O-]. The molecule has 0 aromatic heterocycles. The fraction of sp³-hybridized carbons (Fsp3) is 0.500. The summed E-state index contributed by atoms with van der Waals surface area (Å²) in [5.41, 5.74) is -2.86. The first-order valence-corrected chi connectivity index (χ1v) is 8.69. The second kappa shape index (κ2) is 7.79. The number of nitro benzene ring substituents is 1. The summed E-state index contributed by atoms with van der Waals surface area (Å²) < 4.78 is 10.6. The first-order valence-electron chi connectivity index (χ1n) is 7.52. The van der Waals surface area contributed by atoms with E-state index in [2.05, 4.69) is 15.9 Å². The Morgan fingerprint density at radius 2 is 1.50 bits per heavy atom. The summed E-state index contributed by atoms with van der Waals surface area (Å²) in [4.78, 5) is 36.3. The van der Waals surface area contributed by atoms with E-state index < -0.39 is 34.0 Å². The number of ether oxygens (including phenoxy) is 2. The van der Waals surface area contributed by atoms with Crippen LogP contribution >= 0.6 is 27.5 Å². The molecule has 0 bridgehead atoms. The molecule has 1 rings (SSSR count). The van der Waals surface area contributed by atoms with Gasteiger partial charge in [-0.2, -0.15) is 4.90 Å². The van der Waals surface area contributed by atoms with E-state index >= 15 is 0 Å². The largest absolute Gasteiger partial charge is 0.443 e. The van der Waals surface area contributed by atoms with Gasteiger partial charge in [0.1, 0.15) is 21.9 Å². The molecule has 0 saturated heterocycles. The highest BCUT2D eigenvalue weighted by Gasteiger charge is 2.38. The number of carbonyl (C=O) groups excluding carboxylic acids is 2. The predicted molar refractivity (Wildman–Crippen MR) is 101 cm³/mol. The second-order valence-electron chi connectivity index (χ2n) is 7.28. The van der Waals surface area contributed by atoms with E-state index in [1.54, 1.807) is 41.5 Å². The van der Waals surface area contributed by atoms with E-state index in [-0.39, 0.29) is 15.2 Å². The van der Waals surface area contributed by atoms with Gasteiger partial charge in [0.2, 0.25) is 0 Å². The number of benzene rings is 1. The fourth-order valence-electron chi connectivity index (χ4n) is 1.77. The van der Waals surface area contributed by atoms with Gasteiger partial charge in [-0.25, -0.2) is 9.59 Å². The lowest BCUT2D eigenvalue weighted by Crippen LogP contribution is -2.44. The zero-order valence-corrected chi connectivity index (χ0v) is 17.6. The van der Waals surface area contributed by atoms with E-state index in [1.807, 2.05) is 0 Å². The van der Waals surface area contributed by atoms with Crippen molar-refractivity contribution in [3.05, 3.63) is 31.7 Å². The molecule has 0 aliphatic rings. The minimum absolute atomic E-state index is 0.239. The van der Waals surface area contributed by atoms with Crippen molar-refractivity contribution in [2.45, 2.75) is 52.7 Å². The Morgan fingerprint density at radius 1 is 1.08 bits per heavy atom. The molecule has 1 aromatic rings. The van der Waals surface area contributed by atoms with Crippen molar-refractivity contribution < 1.29 is 24.0 Å². The lowest BCUT2D eigenvalue weighted by atomic mass is 10.2. The van der Waals surface area contributed by atoms with E-state index in [9.17, 15) is 19.7 Å². The Labute approximate surface area is 164 Å². The van der Waals surface area contributed by atoms with Crippen LogP contribution in [0.15, 0.2) is 16.6 Å². The van der Waals surface area contributed by atoms with Crippen LogP contribution in [0.5, 0.6) is 0 Å². The number of rotatable bonds is 2. The van der Waals surface area contributed by atoms with Crippen LogP contribution in [0.4, 0.5) is 21.0 Å². The monoisotopic (exact) mass is 450 g/mol. The van der Waals surface area contributed by atoms with Crippen molar-refractivity contribution in [3.8, 4) is 0 Å². The van der Waals surface area contributed by atoms with Gasteiger partial charge in [0, 0.05) is 4.47 Å². The van der Waals surface area contributed by atoms with Gasteiger partial charge >= 0.3 is 17.9 Å². The highest BCUT2D eigenvalue weighted by Crippen LogP contribution is 2.40. The summed E-state index contributed by atoms with van der Waals surface area (Å²) in [6.45, 7) is 9.59. The van der Waals surface area contributed by atoms with E-state index in [1.165, 1.54) is 12.1 Å².